The van der Waals surface area contributed by atoms with Gasteiger partial charge in [-0.3, -0.25) is 0 Å². The van der Waals surface area contributed by atoms with Crippen molar-refractivity contribution in [1.29, 1.82) is 0 Å². The summed E-state index contributed by atoms with van der Waals surface area (Å²) in [5.74, 6) is 0. The molecule has 0 saturated heterocycles. The molecule has 0 fully saturated rings. The predicted molar refractivity (Wildman–Crippen MR) is 53.5 cm³/mol. The topological polar surface area (TPSA) is 0 Å². The van der Waals surface area contributed by atoms with Crippen LogP contribution in [0, 0.1) is 0 Å². The van der Waals surface area contributed by atoms with Gasteiger partial charge in [0.25, 0.3) is 0 Å². The molecule has 0 aliphatic carbocycles. The van der Waals surface area contributed by atoms with E-state index in [1.54, 1.807) is 22.5 Å². The van der Waals surface area contributed by atoms with E-state index in [9.17, 15) is 0 Å². The van der Waals surface area contributed by atoms with Gasteiger partial charge in [-0.25, -0.2) is 0 Å². The third-order valence-electron chi connectivity index (χ3n) is 0.612. The summed E-state index contributed by atoms with van der Waals surface area (Å²) in [5, 5.41) is 0. The summed E-state index contributed by atoms with van der Waals surface area (Å²) in [7, 11) is 0. The molecule has 3 radical (unpaired) electrons. The molecule has 0 aliphatic heterocycles. The average Bonchev–Trinajstić information content (AvgIpc) is 1.69. The Morgan fingerprint density at radius 1 is 1.62 bits per heavy atom. The Labute approximate surface area is 95.0 Å². The summed E-state index contributed by atoms with van der Waals surface area (Å²) in [6.07, 6.45) is 1.35. The van der Waals surface area contributed by atoms with Gasteiger partial charge in [-0.1, -0.05) is 0 Å². The molecule has 0 amide bonds. The van der Waals surface area contributed by atoms with Crippen molar-refractivity contribution in [2.75, 3.05) is 0 Å². The zero-order valence-electron chi connectivity index (χ0n) is 4.92. The second-order valence-electron chi connectivity index (χ2n) is 1.36. The monoisotopic (exact) mass is 558 g/mol. The molecule has 1 atom stereocenters. The van der Waals surface area contributed by atoms with Gasteiger partial charge in [0, 0.05) is 0 Å². The SMILES string of the molecule is CC[CH](C)[Sn].I[I-]I. The molecule has 0 nitrogen and oxygen atoms in total. The summed E-state index contributed by atoms with van der Waals surface area (Å²) < 4.78 is 0.974. The molecule has 4 heteroatoms. The van der Waals surface area contributed by atoms with Gasteiger partial charge in [-0.15, -0.1) is 0 Å². The van der Waals surface area contributed by atoms with E-state index in [1.165, 1.54) is 6.42 Å². The fraction of sp³-hybridized carbons (Fsp3) is 1.00. The first-order chi connectivity index (χ1) is 3.68. The molecule has 0 aromatic heterocycles. The molecule has 0 rings (SSSR count). The van der Waals surface area contributed by atoms with Crippen molar-refractivity contribution in [1.82, 2.24) is 0 Å². The van der Waals surface area contributed by atoms with Crippen molar-refractivity contribution in [3.05, 3.63) is 0 Å². The third kappa shape index (κ3) is 23.1. The van der Waals surface area contributed by atoms with Crippen LogP contribution in [-0.2, 0) is 0 Å². The van der Waals surface area contributed by atoms with Gasteiger partial charge in [-0.2, -0.15) is 0 Å². The molecule has 0 aromatic carbocycles. The van der Waals surface area contributed by atoms with Crippen LogP contribution in [0.25, 0.3) is 0 Å². The Balaban J connectivity index is 0. The molecule has 0 saturated carbocycles. The van der Waals surface area contributed by atoms with Gasteiger partial charge in [0.1, 0.15) is 0 Å². The van der Waals surface area contributed by atoms with Crippen molar-refractivity contribution < 1.29 is 13.3 Å². The average molecular weight is 557 g/mol. The van der Waals surface area contributed by atoms with Gasteiger partial charge in [-0.05, 0) is 0 Å². The van der Waals surface area contributed by atoms with Gasteiger partial charge >= 0.3 is 97.2 Å². The predicted octanol–water partition coefficient (Wildman–Crippen LogP) is 0.149. The second kappa shape index (κ2) is 12.6. The van der Waals surface area contributed by atoms with Crippen LogP contribution in [-0.4, -0.2) is 22.5 Å². The molecular formula is C4H9I3Sn-. The Morgan fingerprint density at radius 2 is 1.75 bits per heavy atom. The second-order valence-corrected chi connectivity index (χ2v) is 20.4. The van der Waals surface area contributed by atoms with Gasteiger partial charge in [0.05, 0.1) is 0 Å². The summed E-state index contributed by atoms with van der Waals surface area (Å²) in [5.41, 5.74) is 0. The van der Waals surface area contributed by atoms with Crippen LogP contribution in [0.3, 0.4) is 0 Å². The molecule has 0 bridgehead atoms. The molecule has 1 unspecified atom stereocenters. The van der Waals surface area contributed by atoms with Gasteiger partial charge in [0.15, 0.2) is 0 Å². The molecule has 8 heavy (non-hydrogen) atoms. The van der Waals surface area contributed by atoms with Gasteiger partial charge in [0.2, 0.25) is 0 Å². The third-order valence-corrected chi connectivity index (χ3v) is 1.78. The van der Waals surface area contributed by atoms with Crippen molar-refractivity contribution in [3.63, 3.8) is 0 Å². The molecule has 0 N–H and O–H groups in total. The van der Waals surface area contributed by atoms with Gasteiger partial charge < -0.3 is 0 Å². The number of hydrogen-bond donors (Lipinski definition) is 0. The van der Waals surface area contributed by atoms with Crippen LogP contribution in [0.15, 0.2) is 0 Å². The molecule has 0 aliphatic rings. The first kappa shape index (κ1) is 13.6. The van der Waals surface area contributed by atoms with Crippen LogP contribution in [0.4, 0.5) is 0 Å². The number of halogens is 3. The van der Waals surface area contributed by atoms with E-state index in [-0.39, 0.29) is 0 Å². The molecule has 0 aromatic rings. The quantitative estimate of drug-likeness (QED) is 0.319. The van der Waals surface area contributed by atoms with Crippen LogP contribution in [0.1, 0.15) is 20.3 Å². The summed E-state index contributed by atoms with van der Waals surface area (Å²) in [6, 6.07) is 0. The van der Waals surface area contributed by atoms with E-state index < -0.39 is 0 Å². The van der Waals surface area contributed by atoms with Crippen molar-refractivity contribution in [2.45, 2.75) is 24.2 Å². The van der Waals surface area contributed by atoms with E-state index >= 15 is 0 Å². The summed E-state index contributed by atoms with van der Waals surface area (Å²) in [4.78, 5) is 0. The Kier molecular flexibility index (Phi) is 21.5. The van der Waals surface area contributed by atoms with Crippen LogP contribution >= 0.6 is 37.2 Å². The van der Waals surface area contributed by atoms with Crippen LogP contribution in [0.5, 0.6) is 0 Å². The van der Waals surface area contributed by atoms with E-state index in [0.717, 1.165) is 3.93 Å². The first-order valence-electron chi connectivity index (χ1n) is 2.27. The van der Waals surface area contributed by atoms with E-state index in [1.807, 2.05) is 0 Å². The maximum absolute atomic E-state index is 2.39. The zero-order valence-corrected chi connectivity index (χ0v) is 14.2. The Hall–Kier alpha value is 2.99. The minimum atomic E-state index is 0.530. The van der Waals surface area contributed by atoms with Crippen LogP contribution < -0.4 is 13.3 Å². The molecule has 0 spiro atoms. The fourth-order valence-electron chi connectivity index (χ4n) is 0. The van der Waals surface area contributed by atoms with E-state index in [2.05, 4.69) is 51.1 Å². The van der Waals surface area contributed by atoms with Crippen molar-refractivity contribution >= 4 is 59.8 Å². The van der Waals surface area contributed by atoms with Crippen molar-refractivity contribution in [2.24, 2.45) is 0 Å². The summed E-state index contributed by atoms with van der Waals surface area (Å²) in [6.45, 7) is 4.48. The zero-order chi connectivity index (χ0) is 6.99. The first-order valence-corrected chi connectivity index (χ1v) is 16.5. The van der Waals surface area contributed by atoms with Crippen molar-refractivity contribution in [3.8, 4) is 0 Å². The fourth-order valence-corrected chi connectivity index (χ4v) is 0. The molecule has 0 heterocycles. The normalized spacial score (nSPS) is 12.1. The summed E-state index contributed by atoms with van der Waals surface area (Å²) >= 11 is 6.97. The minimum absolute atomic E-state index is 0.530. The Bertz CT molecular complexity index is 32.5. The van der Waals surface area contributed by atoms with E-state index in [4.69, 9.17) is 0 Å². The molecular weight excluding hydrogens is 547 g/mol. The molecule has 51 valence electrons. The Morgan fingerprint density at radius 3 is 1.75 bits per heavy atom. The standard InChI is InChI=1S/C4H9.I3.Sn/c1-3-4-2;1-3-2;/h3H,4H2,1-2H3;;/q;-1;. The van der Waals surface area contributed by atoms with E-state index in [0.29, 0.717) is 13.3 Å². The van der Waals surface area contributed by atoms with Crippen LogP contribution in [0.2, 0.25) is 3.93 Å². The maximum atomic E-state index is 2.39. The number of hydrogen-bond acceptors (Lipinski definition) is 0. The number of rotatable bonds is 1.